The maximum atomic E-state index is 5.19. The summed E-state index contributed by atoms with van der Waals surface area (Å²) < 4.78 is 5.19. The maximum Gasteiger partial charge on any atom is 0.194 e. The summed E-state index contributed by atoms with van der Waals surface area (Å²) in [7, 11) is 5.89. The Morgan fingerprint density at radius 2 is 1.91 bits per heavy atom. The number of rotatable bonds is 5. The molecule has 2 aromatic heterocycles. The molecule has 8 nitrogen and oxygen atoms in total. The average molecular weight is 549 g/mol. The van der Waals surface area contributed by atoms with Crippen molar-refractivity contribution >= 4 is 46.7 Å². The highest BCUT2D eigenvalue weighted by molar-refractivity contribution is 14.0. The van der Waals surface area contributed by atoms with Gasteiger partial charge in [-0.3, -0.25) is 9.89 Å². The number of pyridine rings is 1. The van der Waals surface area contributed by atoms with Crippen LogP contribution in [0.3, 0.4) is 0 Å². The summed E-state index contributed by atoms with van der Waals surface area (Å²) in [6.07, 6.45) is 0. The van der Waals surface area contributed by atoms with Gasteiger partial charge in [0.05, 0.1) is 11.2 Å². The first-order valence-corrected chi connectivity index (χ1v) is 10.7. The molecule has 1 aliphatic heterocycles. The summed E-state index contributed by atoms with van der Waals surface area (Å²) in [4.78, 5) is 16.1. The van der Waals surface area contributed by atoms with E-state index in [2.05, 4.69) is 49.5 Å². The number of nitrogens with zero attached hydrogens (tertiary/aromatic N) is 6. The predicted molar refractivity (Wildman–Crippen MR) is 140 cm³/mol. The lowest BCUT2D eigenvalue weighted by molar-refractivity contribution is 0.169. The minimum absolute atomic E-state index is 0. The van der Waals surface area contributed by atoms with Gasteiger partial charge in [0.2, 0.25) is 0 Å². The first-order chi connectivity index (χ1) is 15.0. The number of nitrogens with one attached hydrogen (secondary N) is 1. The number of aromatic nitrogens is 2. The zero-order valence-electron chi connectivity index (χ0n) is 19.2. The van der Waals surface area contributed by atoms with E-state index in [4.69, 9.17) is 9.51 Å². The first-order valence-electron chi connectivity index (χ1n) is 10.7. The highest BCUT2D eigenvalue weighted by Gasteiger charge is 2.20. The number of halogens is 1. The molecular weight excluding hydrogens is 517 g/mol. The monoisotopic (exact) mass is 549 g/mol. The average Bonchev–Trinajstić information content (AvgIpc) is 3.19. The van der Waals surface area contributed by atoms with Gasteiger partial charge >= 0.3 is 0 Å². The number of piperazine rings is 1. The lowest BCUT2D eigenvalue weighted by Gasteiger charge is -2.36. The predicted octanol–water partition coefficient (Wildman–Crippen LogP) is 3.11. The molecule has 9 heteroatoms. The van der Waals surface area contributed by atoms with Gasteiger partial charge in [-0.05, 0) is 24.6 Å². The van der Waals surface area contributed by atoms with E-state index in [0.717, 1.165) is 61.5 Å². The van der Waals surface area contributed by atoms with E-state index in [0.29, 0.717) is 6.54 Å². The van der Waals surface area contributed by atoms with E-state index in [1.165, 1.54) is 10.9 Å². The molecule has 0 spiro atoms. The molecule has 4 rings (SSSR count). The molecule has 1 aromatic carbocycles. The van der Waals surface area contributed by atoms with Crippen molar-refractivity contribution in [2.45, 2.75) is 20.0 Å². The molecule has 32 heavy (non-hydrogen) atoms. The number of hydrogen-bond donors (Lipinski definition) is 1. The van der Waals surface area contributed by atoms with Crippen LogP contribution in [-0.2, 0) is 13.1 Å². The number of aliphatic imine (C=N–C) groups is 1. The van der Waals surface area contributed by atoms with Crippen LogP contribution in [0.15, 0.2) is 45.9 Å². The van der Waals surface area contributed by atoms with Gasteiger partial charge in [0, 0.05) is 71.9 Å². The van der Waals surface area contributed by atoms with E-state index in [-0.39, 0.29) is 24.0 Å². The summed E-state index contributed by atoms with van der Waals surface area (Å²) in [5, 5.41) is 8.85. The topological polar surface area (TPSA) is 73.0 Å². The fourth-order valence-corrected chi connectivity index (χ4v) is 3.95. The fourth-order valence-electron chi connectivity index (χ4n) is 3.95. The van der Waals surface area contributed by atoms with Gasteiger partial charge in [-0.25, -0.2) is 4.98 Å². The normalized spacial score (nSPS) is 15.0. The largest absolute Gasteiger partial charge is 0.363 e. The number of fused-ring (bicyclic) bond motifs is 1. The van der Waals surface area contributed by atoms with Gasteiger partial charge in [-0.1, -0.05) is 23.4 Å². The SMILES string of the molecule is CN=C(NCc1cc(N(C)C)nc2ccccc12)N1CCN(Cc2cc(C)on2)CC1.I. The fraction of sp³-hybridized carbons (Fsp3) is 0.435. The second kappa shape index (κ2) is 11.0. The van der Waals surface area contributed by atoms with E-state index < -0.39 is 0 Å². The molecule has 1 aliphatic rings. The number of para-hydroxylation sites is 1. The molecular formula is C23H32IN7O. The number of guanidine groups is 1. The first kappa shape index (κ1) is 24.2. The molecule has 0 atom stereocenters. The van der Waals surface area contributed by atoms with Crippen LogP contribution in [0.25, 0.3) is 10.9 Å². The third kappa shape index (κ3) is 5.69. The third-order valence-electron chi connectivity index (χ3n) is 5.63. The van der Waals surface area contributed by atoms with Gasteiger partial charge in [0.15, 0.2) is 5.96 Å². The molecule has 1 fully saturated rings. The number of hydrogen-bond acceptors (Lipinski definition) is 6. The summed E-state index contributed by atoms with van der Waals surface area (Å²) in [5.74, 6) is 2.76. The van der Waals surface area contributed by atoms with Crippen molar-refractivity contribution in [3.63, 3.8) is 0 Å². The van der Waals surface area contributed by atoms with Gasteiger partial charge in [0.1, 0.15) is 11.6 Å². The molecule has 0 bridgehead atoms. The van der Waals surface area contributed by atoms with Crippen LogP contribution in [0.5, 0.6) is 0 Å². The maximum absolute atomic E-state index is 5.19. The van der Waals surface area contributed by atoms with Crippen molar-refractivity contribution in [3.05, 3.63) is 53.4 Å². The lowest BCUT2D eigenvalue weighted by atomic mass is 10.1. The van der Waals surface area contributed by atoms with Crippen molar-refractivity contribution in [1.29, 1.82) is 0 Å². The number of aryl methyl sites for hydroxylation is 1. The summed E-state index contributed by atoms with van der Waals surface area (Å²) in [6.45, 7) is 7.25. The molecule has 0 unspecified atom stereocenters. The van der Waals surface area contributed by atoms with Crippen LogP contribution in [0, 0.1) is 6.92 Å². The molecule has 1 N–H and O–H groups in total. The molecule has 0 aliphatic carbocycles. The van der Waals surface area contributed by atoms with Crippen molar-refractivity contribution in [2.75, 3.05) is 52.2 Å². The standard InChI is InChI=1S/C23H31N7O.HI/c1-17-13-19(27-31-17)16-29-9-11-30(12-10-29)23(24-2)25-15-18-14-22(28(3)4)26-21-8-6-5-7-20(18)21;/h5-8,13-14H,9-12,15-16H2,1-4H3,(H,24,25);1H. The van der Waals surface area contributed by atoms with Gasteiger partial charge in [-0.2, -0.15) is 0 Å². The van der Waals surface area contributed by atoms with E-state index in [1.54, 1.807) is 0 Å². The molecule has 0 amide bonds. The lowest BCUT2D eigenvalue weighted by Crippen LogP contribution is -2.52. The minimum Gasteiger partial charge on any atom is -0.363 e. The van der Waals surface area contributed by atoms with E-state index in [9.17, 15) is 0 Å². The van der Waals surface area contributed by atoms with Crippen LogP contribution in [-0.4, -0.2) is 73.2 Å². The molecule has 1 saturated heterocycles. The second-order valence-electron chi connectivity index (χ2n) is 8.14. The Bertz CT molecular complexity index is 1060. The number of anilines is 1. The Morgan fingerprint density at radius 3 is 2.56 bits per heavy atom. The van der Waals surface area contributed by atoms with Gasteiger partial charge in [0.25, 0.3) is 0 Å². The van der Waals surface area contributed by atoms with Crippen molar-refractivity contribution < 1.29 is 4.52 Å². The molecule has 3 heterocycles. The van der Waals surface area contributed by atoms with E-state index >= 15 is 0 Å². The summed E-state index contributed by atoms with van der Waals surface area (Å²) in [6, 6.07) is 12.5. The quantitative estimate of drug-likeness (QED) is 0.298. The van der Waals surface area contributed by atoms with Crippen LogP contribution >= 0.6 is 24.0 Å². The Kier molecular flexibility index (Phi) is 8.30. The van der Waals surface area contributed by atoms with Gasteiger partial charge < -0.3 is 19.6 Å². The molecule has 3 aromatic rings. The Labute approximate surface area is 206 Å². The summed E-state index contributed by atoms with van der Waals surface area (Å²) in [5.41, 5.74) is 3.22. The third-order valence-corrected chi connectivity index (χ3v) is 5.63. The van der Waals surface area contributed by atoms with Crippen molar-refractivity contribution in [2.24, 2.45) is 4.99 Å². The minimum atomic E-state index is 0. The van der Waals surface area contributed by atoms with Gasteiger partial charge in [-0.15, -0.1) is 24.0 Å². The highest BCUT2D eigenvalue weighted by atomic mass is 127. The zero-order chi connectivity index (χ0) is 21.8. The Balaban J connectivity index is 0.00000289. The van der Waals surface area contributed by atoms with Crippen molar-refractivity contribution in [1.82, 2.24) is 25.3 Å². The molecule has 0 radical (unpaired) electrons. The van der Waals surface area contributed by atoms with Crippen LogP contribution in [0.2, 0.25) is 0 Å². The highest BCUT2D eigenvalue weighted by Crippen LogP contribution is 2.22. The smallest absolute Gasteiger partial charge is 0.194 e. The zero-order valence-corrected chi connectivity index (χ0v) is 21.5. The van der Waals surface area contributed by atoms with Crippen molar-refractivity contribution in [3.8, 4) is 0 Å². The Morgan fingerprint density at radius 1 is 1.16 bits per heavy atom. The van der Waals surface area contributed by atoms with Crippen LogP contribution < -0.4 is 10.2 Å². The second-order valence-corrected chi connectivity index (χ2v) is 8.14. The van der Waals surface area contributed by atoms with E-state index in [1.807, 2.05) is 45.1 Å². The number of benzene rings is 1. The molecule has 172 valence electrons. The van der Waals surface area contributed by atoms with Crippen LogP contribution in [0.1, 0.15) is 17.0 Å². The molecule has 0 saturated carbocycles. The Hall–Kier alpha value is -2.40. The summed E-state index contributed by atoms with van der Waals surface area (Å²) >= 11 is 0. The van der Waals surface area contributed by atoms with Crippen LogP contribution in [0.4, 0.5) is 5.82 Å².